The van der Waals surface area contributed by atoms with Crippen molar-refractivity contribution in [2.45, 2.75) is 0 Å². The van der Waals surface area contributed by atoms with Gasteiger partial charge in [-0.2, -0.15) is 8.42 Å². The molecule has 0 spiro atoms. The maximum absolute atomic E-state index is 10.7. The second kappa shape index (κ2) is 3.27. The fourth-order valence-electron chi connectivity index (χ4n) is 0.891. The molecule has 0 amide bonds. The summed E-state index contributed by atoms with van der Waals surface area (Å²) >= 11 is 0. The van der Waals surface area contributed by atoms with Crippen molar-refractivity contribution in [3.05, 3.63) is 35.4 Å². The average Bonchev–Trinajstić information content (AvgIpc) is 2.02. The predicted molar refractivity (Wildman–Crippen MR) is 47.3 cm³/mol. The van der Waals surface area contributed by atoms with Crippen LogP contribution >= 0.6 is 0 Å². The minimum Gasteiger partial charge on any atom is -0.289 e. The first-order chi connectivity index (χ1) is 5.88. The fourth-order valence-corrected chi connectivity index (χ4v) is 0.891. The molecule has 5 heteroatoms. The molecule has 0 saturated heterocycles. The lowest BCUT2D eigenvalue weighted by atomic mass is 9.92. The average molecular weight is 200 g/mol. The summed E-state index contributed by atoms with van der Waals surface area (Å²) in [6.07, 6.45) is 0.715. The molecule has 0 radical (unpaired) electrons. The molecule has 4 nitrogen and oxygen atoms in total. The van der Waals surface area contributed by atoms with Crippen molar-refractivity contribution >= 4 is 15.9 Å². The third-order valence-electron chi connectivity index (χ3n) is 1.39. The van der Waals surface area contributed by atoms with Gasteiger partial charge in [0, 0.05) is 11.1 Å². The Morgan fingerprint density at radius 3 is 1.77 bits per heavy atom. The number of ketones is 1. The summed E-state index contributed by atoms with van der Waals surface area (Å²) in [4.78, 5) is 10.7. The molecule has 13 heavy (non-hydrogen) atoms. The van der Waals surface area contributed by atoms with Gasteiger partial charge in [0.2, 0.25) is 0 Å². The molecule has 3 rings (SSSR count). The Hall–Kier alpha value is -1.20. The summed E-state index contributed by atoms with van der Waals surface area (Å²) < 4.78 is 25.9. The number of rotatable bonds is 0. The fraction of sp³-hybridized carbons (Fsp3) is 0.125. The third kappa shape index (κ3) is 2.96. The summed E-state index contributed by atoms with van der Waals surface area (Å²) in [5.74, 6) is 0.201. The normalized spacial score (nSPS) is 12.6. The molecule has 0 unspecified atom stereocenters. The summed E-state index contributed by atoms with van der Waals surface area (Å²) in [5, 5.41) is 0. The van der Waals surface area contributed by atoms with Crippen LogP contribution in [-0.4, -0.2) is 25.0 Å². The van der Waals surface area contributed by atoms with Crippen LogP contribution in [-0.2, 0) is 10.1 Å². The molecule has 0 aliphatic heterocycles. The van der Waals surface area contributed by atoms with Gasteiger partial charge in [-0.3, -0.25) is 9.35 Å². The number of fused-ring (bicyclic) bond motifs is 2. The monoisotopic (exact) mass is 200 g/mol. The van der Waals surface area contributed by atoms with E-state index in [2.05, 4.69) is 0 Å². The molecule has 0 fully saturated rings. The smallest absolute Gasteiger partial charge is 0.261 e. The first kappa shape index (κ1) is 9.88. The van der Waals surface area contributed by atoms with E-state index in [1.165, 1.54) is 0 Å². The van der Waals surface area contributed by atoms with Gasteiger partial charge in [-0.1, -0.05) is 18.2 Å². The molecule has 2 aliphatic carbocycles. The van der Waals surface area contributed by atoms with E-state index in [-0.39, 0.29) is 5.78 Å². The second-order valence-corrected chi connectivity index (χ2v) is 4.11. The molecule has 70 valence electrons. The molecule has 1 aromatic rings. The van der Waals surface area contributed by atoms with Gasteiger partial charge in [-0.05, 0) is 6.07 Å². The van der Waals surface area contributed by atoms with E-state index < -0.39 is 10.1 Å². The zero-order chi connectivity index (χ0) is 10.1. The Labute approximate surface area is 76.0 Å². The van der Waals surface area contributed by atoms with Crippen LogP contribution < -0.4 is 0 Å². The molecule has 0 heterocycles. The Kier molecular flexibility index (Phi) is 2.49. The highest BCUT2D eigenvalue weighted by Gasteiger charge is 2.17. The second-order valence-electron chi connectivity index (χ2n) is 2.64. The predicted octanol–water partition coefficient (Wildman–Crippen LogP) is 0.735. The number of hydrogen-bond acceptors (Lipinski definition) is 3. The quantitative estimate of drug-likeness (QED) is 0.636. The maximum atomic E-state index is 10.7. The van der Waals surface area contributed by atoms with E-state index in [0.29, 0.717) is 6.26 Å². The van der Waals surface area contributed by atoms with Gasteiger partial charge in [0.15, 0.2) is 5.78 Å². The van der Waals surface area contributed by atoms with E-state index in [1.807, 2.05) is 24.3 Å². The molecular formula is C8H8O4S. The summed E-state index contributed by atoms with van der Waals surface area (Å²) in [5.41, 5.74) is 1.70. The number of carbonyl (C=O) groups excluding carboxylic acids is 1. The topological polar surface area (TPSA) is 71.4 Å². The SMILES string of the molecule is CS(=O)(=O)O.O=C1c2cccc1c2. The van der Waals surface area contributed by atoms with Crippen LogP contribution in [0.15, 0.2) is 24.3 Å². The van der Waals surface area contributed by atoms with Crippen LogP contribution in [0.25, 0.3) is 0 Å². The molecule has 2 aliphatic rings. The van der Waals surface area contributed by atoms with Gasteiger partial charge < -0.3 is 0 Å². The number of carbonyl (C=O) groups is 1. The lowest BCUT2D eigenvalue weighted by Gasteiger charge is -2.10. The van der Waals surface area contributed by atoms with Crippen LogP contribution in [0.2, 0.25) is 0 Å². The zero-order valence-corrected chi connectivity index (χ0v) is 7.71. The maximum Gasteiger partial charge on any atom is 0.261 e. The largest absolute Gasteiger partial charge is 0.289 e. The van der Waals surface area contributed by atoms with E-state index >= 15 is 0 Å². The standard InChI is InChI=1S/C7H4O.CH4O3S/c8-7-5-2-1-3-6(7)4-5;1-5(2,3)4/h1-4H;1H3,(H,2,3,4). The van der Waals surface area contributed by atoms with Crippen molar-refractivity contribution in [3.63, 3.8) is 0 Å². The van der Waals surface area contributed by atoms with Crippen LogP contribution in [0.4, 0.5) is 0 Å². The number of benzene rings is 1. The summed E-state index contributed by atoms with van der Waals surface area (Å²) in [7, 11) is -3.67. The Bertz CT molecular complexity index is 396. The lowest BCUT2D eigenvalue weighted by Crippen LogP contribution is -2.10. The van der Waals surface area contributed by atoms with Crippen molar-refractivity contribution in [2.75, 3.05) is 6.26 Å². The van der Waals surface area contributed by atoms with Crippen molar-refractivity contribution in [1.29, 1.82) is 0 Å². The first-order valence-corrected chi connectivity index (χ1v) is 5.30. The van der Waals surface area contributed by atoms with Crippen molar-refractivity contribution in [2.24, 2.45) is 0 Å². The molecule has 1 N–H and O–H groups in total. The van der Waals surface area contributed by atoms with Crippen LogP contribution in [0, 0.1) is 0 Å². The Morgan fingerprint density at radius 1 is 1.23 bits per heavy atom. The minimum absolute atomic E-state index is 0.201. The highest BCUT2D eigenvalue weighted by molar-refractivity contribution is 7.85. The minimum atomic E-state index is -3.67. The van der Waals surface area contributed by atoms with Crippen LogP contribution in [0.3, 0.4) is 0 Å². The van der Waals surface area contributed by atoms with E-state index in [0.717, 1.165) is 11.1 Å². The molecule has 2 bridgehead atoms. The van der Waals surface area contributed by atoms with Gasteiger partial charge in [0.1, 0.15) is 0 Å². The molecule has 0 aromatic heterocycles. The lowest BCUT2D eigenvalue weighted by molar-refractivity contribution is 0.102. The zero-order valence-electron chi connectivity index (χ0n) is 6.89. The summed E-state index contributed by atoms with van der Waals surface area (Å²) in [6.45, 7) is 0. The molecule has 1 aromatic carbocycles. The van der Waals surface area contributed by atoms with Crippen molar-refractivity contribution in [3.8, 4) is 0 Å². The first-order valence-electron chi connectivity index (χ1n) is 3.45. The van der Waals surface area contributed by atoms with Gasteiger partial charge >= 0.3 is 0 Å². The Morgan fingerprint density at radius 2 is 1.62 bits per heavy atom. The Balaban J connectivity index is 0.000000149. The van der Waals surface area contributed by atoms with Gasteiger partial charge in [0.05, 0.1) is 6.26 Å². The van der Waals surface area contributed by atoms with Crippen LogP contribution in [0.1, 0.15) is 15.9 Å². The highest BCUT2D eigenvalue weighted by atomic mass is 32.2. The van der Waals surface area contributed by atoms with Gasteiger partial charge in [0.25, 0.3) is 10.1 Å². The van der Waals surface area contributed by atoms with E-state index in [1.54, 1.807) is 0 Å². The third-order valence-corrected chi connectivity index (χ3v) is 1.39. The van der Waals surface area contributed by atoms with Gasteiger partial charge in [-0.25, -0.2) is 0 Å². The van der Waals surface area contributed by atoms with Crippen molar-refractivity contribution < 1.29 is 17.8 Å². The van der Waals surface area contributed by atoms with Crippen molar-refractivity contribution in [1.82, 2.24) is 0 Å². The molecular weight excluding hydrogens is 192 g/mol. The van der Waals surface area contributed by atoms with Gasteiger partial charge in [-0.15, -0.1) is 0 Å². The number of hydrogen-bond donors (Lipinski definition) is 1. The molecule has 0 saturated carbocycles. The van der Waals surface area contributed by atoms with E-state index in [9.17, 15) is 13.2 Å². The summed E-state index contributed by atoms with van der Waals surface area (Å²) in [6, 6.07) is 7.44. The highest BCUT2D eigenvalue weighted by Crippen LogP contribution is 2.19. The molecule has 0 atom stereocenters. The van der Waals surface area contributed by atoms with E-state index in [4.69, 9.17) is 4.55 Å². The van der Waals surface area contributed by atoms with Crippen LogP contribution in [0.5, 0.6) is 0 Å².